The maximum absolute atomic E-state index is 12.9. The number of hydrogen-bond donors (Lipinski definition) is 0. The van der Waals surface area contributed by atoms with Crippen LogP contribution >= 0.6 is 0 Å². The van der Waals surface area contributed by atoms with Gasteiger partial charge in [0, 0.05) is 49.6 Å². The number of likely N-dealkylation sites (tertiary alicyclic amines) is 1. The summed E-state index contributed by atoms with van der Waals surface area (Å²) in [7, 11) is 1.69. The summed E-state index contributed by atoms with van der Waals surface area (Å²) < 4.78 is 7.50. The molecule has 3 heterocycles. The third-order valence-corrected chi connectivity index (χ3v) is 5.90. The minimum atomic E-state index is -0.115. The molecule has 1 aromatic heterocycles. The van der Waals surface area contributed by atoms with Gasteiger partial charge in [0.1, 0.15) is 17.8 Å². The number of hydrogen-bond acceptors (Lipinski definition) is 5. The highest BCUT2D eigenvalue weighted by molar-refractivity contribution is 5.95. The number of rotatable bonds is 3. The Bertz CT molecular complexity index is 1050. The molecule has 0 unspecified atom stereocenters. The molecular weight excluding hydrogens is 392 g/mol. The van der Waals surface area contributed by atoms with Crippen molar-refractivity contribution in [2.75, 3.05) is 38.2 Å². The molecule has 7 nitrogen and oxygen atoms in total. The maximum Gasteiger partial charge on any atom is 0.253 e. The molecule has 0 saturated carbocycles. The lowest BCUT2D eigenvalue weighted by molar-refractivity contribution is 0.0723. The second-order valence-corrected chi connectivity index (χ2v) is 8.37. The Morgan fingerprint density at radius 3 is 2.52 bits per heavy atom. The second-order valence-electron chi connectivity index (χ2n) is 8.37. The van der Waals surface area contributed by atoms with Crippen LogP contribution in [-0.2, 0) is 0 Å². The van der Waals surface area contributed by atoms with Gasteiger partial charge in [-0.25, -0.2) is 0 Å². The Morgan fingerprint density at radius 1 is 1.03 bits per heavy atom. The van der Waals surface area contributed by atoms with E-state index in [0.29, 0.717) is 30.0 Å². The Balaban J connectivity index is 1.64. The number of anilines is 2. The summed E-state index contributed by atoms with van der Waals surface area (Å²) in [5.41, 5.74) is 3.13. The Hall–Kier alpha value is -3.09. The summed E-state index contributed by atoms with van der Waals surface area (Å²) in [5.74, 6) is 0.675. The lowest BCUT2D eigenvalue weighted by Crippen LogP contribution is -2.36. The molecule has 2 aliphatic heterocycles. The molecule has 0 aliphatic carbocycles. The van der Waals surface area contributed by atoms with Gasteiger partial charge in [0.2, 0.25) is 5.91 Å². The summed E-state index contributed by atoms with van der Waals surface area (Å²) in [5, 5.41) is 0. The van der Waals surface area contributed by atoms with Crippen molar-refractivity contribution in [3.05, 3.63) is 47.6 Å². The molecule has 0 spiro atoms. The summed E-state index contributed by atoms with van der Waals surface area (Å²) in [6.07, 6.45) is 5.11. The minimum absolute atomic E-state index is 0.00962. The molecule has 2 aromatic rings. The van der Waals surface area contributed by atoms with Crippen molar-refractivity contribution < 1.29 is 14.3 Å². The molecule has 31 heavy (non-hydrogen) atoms. The average Bonchev–Trinajstić information content (AvgIpc) is 2.82. The molecular formula is C24H30N4O3. The topological polar surface area (TPSA) is 67.1 Å². The molecule has 164 valence electrons. The smallest absolute Gasteiger partial charge is 0.253 e. The van der Waals surface area contributed by atoms with Crippen molar-refractivity contribution in [1.82, 2.24) is 9.47 Å². The van der Waals surface area contributed by atoms with Gasteiger partial charge in [0.05, 0.1) is 12.2 Å². The number of fused-ring (bicyclic) bond motifs is 1. The lowest BCUT2D eigenvalue weighted by Gasteiger charge is -2.32. The van der Waals surface area contributed by atoms with Crippen molar-refractivity contribution >= 4 is 23.2 Å². The van der Waals surface area contributed by atoms with E-state index in [1.165, 1.54) is 6.42 Å². The largest absolute Gasteiger partial charge is 0.490 e. The van der Waals surface area contributed by atoms with E-state index >= 15 is 0 Å². The van der Waals surface area contributed by atoms with Crippen LogP contribution in [0.5, 0.6) is 5.75 Å². The van der Waals surface area contributed by atoms with E-state index < -0.39 is 0 Å². The first-order valence-electron chi connectivity index (χ1n) is 11.0. The fourth-order valence-electron chi connectivity index (χ4n) is 4.18. The number of piperidine rings is 1. The van der Waals surface area contributed by atoms with Crippen molar-refractivity contribution in [3.63, 3.8) is 0 Å². The Kier molecular flexibility index (Phi) is 6.11. The molecule has 0 N–H and O–H groups in total. The number of nitrogens with zero attached hydrogens (tertiary/aromatic N) is 4. The zero-order valence-corrected chi connectivity index (χ0v) is 18.5. The highest BCUT2D eigenvalue weighted by Gasteiger charge is 2.24. The number of ether oxygens (including phenoxy) is 1. The summed E-state index contributed by atoms with van der Waals surface area (Å²) >= 11 is 0. The van der Waals surface area contributed by atoms with Gasteiger partial charge in [-0.1, -0.05) is 13.8 Å². The van der Waals surface area contributed by atoms with Gasteiger partial charge >= 0.3 is 0 Å². The van der Waals surface area contributed by atoms with Gasteiger partial charge in [-0.15, -0.1) is 0 Å². The molecule has 7 heteroatoms. The summed E-state index contributed by atoms with van der Waals surface area (Å²) in [6.45, 7) is 6.61. The van der Waals surface area contributed by atoms with Crippen LogP contribution in [0.2, 0.25) is 0 Å². The Morgan fingerprint density at radius 2 is 1.81 bits per heavy atom. The van der Waals surface area contributed by atoms with Crippen molar-refractivity contribution in [2.24, 2.45) is 10.9 Å². The molecule has 1 amide bonds. The van der Waals surface area contributed by atoms with Gasteiger partial charge < -0.3 is 14.5 Å². The van der Waals surface area contributed by atoms with Crippen LogP contribution in [0, 0.1) is 5.92 Å². The normalized spacial score (nSPS) is 16.8. The van der Waals surface area contributed by atoms with Crippen LogP contribution in [0.15, 0.2) is 41.5 Å². The highest BCUT2D eigenvalue weighted by Crippen LogP contribution is 2.37. The molecule has 1 fully saturated rings. The van der Waals surface area contributed by atoms with Gasteiger partial charge in [0.15, 0.2) is 0 Å². The summed E-state index contributed by atoms with van der Waals surface area (Å²) in [6, 6.07) is 9.54. The monoisotopic (exact) mass is 422 g/mol. The van der Waals surface area contributed by atoms with E-state index in [1.807, 2.05) is 49.1 Å². The van der Waals surface area contributed by atoms with Crippen molar-refractivity contribution in [1.29, 1.82) is 0 Å². The fraction of sp³-hybridized carbons (Fsp3) is 0.458. The SMILES string of the molecule is C/N=c1/cc(N2CCOc3cc(C(=O)N4CCCCC4)ccc32)ccn1C(=O)C(C)C. The second kappa shape index (κ2) is 8.96. The van der Waals surface area contributed by atoms with E-state index in [2.05, 4.69) is 9.89 Å². The first-order valence-corrected chi connectivity index (χ1v) is 11.0. The number of aromatic nitrogens is 1. The van der Waals surface area contributed by atoms with E-state index in [9.17, 15) is 9.59 Å². The van der Waals surface area contributed by atoms with E-state index in [-0.39, 0.29) is 17.7 Å². The van der Waals surface area contributed by atoms with E-state index in [4.69, 9.17) is 4.74 Å². The molecule has 0 bridgehead atoms. The highest BCUT2D eigenvalue weighted by atomic mass is 16.5. The van der Waals surface area contributed by atoms with Gasteiger partial charge in [0.25, 0.3) is 5.91 Å². The van der Waals surface area contributed by atoms with E-state index in [1.54, 1.807) is 17.8 Å². The number of carbonyl (C=O) groups is 2. The summed E-state index contributed by atoms with van der Waals surface area (Å²) in [4.78, 5) is 33.7. The van der Waals surface area contributed by atoms with Gasteiger partial charge in [-0.3, -0.25) is 19.1 Å². The van der Waals surface area contributed by atoms with Crippen LogP contribution < -0.4 is 15.1 Å². The third-order valence-electron chi connectivity index (χ3n) is 5.90. The standard InChI is InChI=1S/C24H30N4O3/c1-17(2)23(29)28-12-9-19(16-22(28)25-3)27-13-14-31-21-15-18(7-8-20(21)27)24(30)26-10-5-4-6-11-26/h7-9,12,15-17H,4-6,10-11,13-14H2,1-3H3/b25-22-. The Labute approximate surface area is 183 Å². The molecule has 2 aliphatic rings. The number of amides is 1. The predicted octanol–water partition coefficient (Wildman–Crippen LogP) is 3.47. The van der Waals surface area contributed by atoms with Crippen LogP contribution in [0.3, 0.4) is 0 Å². The number of carbonyl (C=O) groups excluding carboxylic acids is 2. The van der Waals surface area contributed by atoms with Gasteiger partial charge in [-0.05, 0) is 43.5 Å². The zero-order chi connectivity index (χ0) is 22.0. The van der Waals surface area contributed by atoms with Crippen molar-refractivity contribution in [3.8, 4) is 5.75 Å². The van der Waals surface area contributed by atoms with Crippen LogP contribution in [0.25, 0.3) is 0 Å². The fourth-order valence-corrected chi connectivity index (χ4v) is 4.18. The first kappa shape index (κ1) is 21.2. The van der Waals surface area contributed by atoms with Crippen molar-refractivity contribution in [2.45, 2.75) is 33.1 Å². The predicted molar refractivity (Wildman–Crippen MR) is 120 cm³/mol. The minimum Gasteiger partial charge on any atom is -0.490 e. The third kappa shape index (κ3) is 4.22. The molecule has 1 saturated heterocycles. The number of pyridine rings is 1. The van der Waals surface area contributed by atoms with Crippen LogP contribution in [0.4, 0.5) is 11.4 Å². The van der Waals surface area contributed by atoms with Gasteiger partial charge in [-0.2, -0.15) is 0 Å². The average molecular weight is 423 g/mol. The number of benzene rings is 1. The molecule has 0 atom stereocenters. The quantitative estimate of drug-likeness (QED) is 0.760. The van der Waals surface area contributed by atoms with Crippen LogP contribution in [-0.4, -0.2) is 54.6 Å². The molecule has 0 radical (unpaired) electrons. The van der Waals surface area contributed by atoms with Crippen LogP contribution in [0.1, 0.15) is 48.3 Å². The van der Waals surface area contributed by atoms with E-state index in [0.717, 1.165) is 37.3 Å². The maximum atomic E-state index is 12.9. The molecule has 4 rings (SSSR count). The molecule has 1 aromatic carbocycles. The zero-order valence-electron chi connectivity index (χ0n) is 18.5. The first-order chi connectivity index (χ1) is 15.0. The lowest BCUT2D eigenvalue weighted by atomic mass is 10.1.